The third-order valence-electron chi connectivity index (χ3n) is 4.68. The maximum atomic E-state index is 13.1. The van der Waals surface area contributed by atoms with Crippen LogP contribution in [0.25, 0.3) is 0 Å². The number of rotatable bonds is 2. The van der Waals surface area contributed by atoms with Crippen LogP contribution in [0, 0.1) is 6.92 Å². The lowest BCUT2D eigenvalue weighted by Crippen LogP contribution is -2.42. The minimum atomic E-state index is -4.56. The lowest BCUT2D eigenvalue weighted by molar-refractivity contribution is -0.176. The Labute approximate surface area is 180 Å². The summed E-state index contributed by atoms with van der Waals surface area (Å²) in [6.07, 6.45) is -6.63. The molecule has 11 heteroatoms. The average Bonchev–Trinajstić information content (AvgIpc) is 3.15. The zero-order valence-corrected chi connectivity index (χ0v) is 17.3. The first-order chi connectivity index (χ1) is 14.1. The average molecular weight is 455 g/mol. The number of hydrogen-bond donors (Lipinski definition) is 1. The molecule has 0 aliphatic carbocycles. The fourth-order valence-corrected chi connectivity index (χ4v) is 3.71. The zero-order valence-electron chi connectivity index (χ0n) is 15.6. The van der Waals surface area contributed by atoms with Gasteiger partial charge in [0.1, 0.15) is 5.84 Å². The molecule has 0 spiro atoms. The fourth-order valence-electron chi connectivity index (χ4n) is 3.19. The van der Waals surface area contributed by atoms with E-state index < -0.39 is 18.3 Å². The Morgan fingerprint density at radius 3 is 2.63 bits per heavy atom. The van der Waals surface area contributed by atoms with Gasteiger partial charge in [0, 0.05) is 12.6 Å². The molecule has 0 aromatic heterocycles. The van der Waals surface area contributed by atoms with Crippen molar-refractivity contribution in [2.75, 3.05) is 7.05 Å². The number of carbonyl (C=O) groups is 1. The van der Waals surface area contributed by atoms with Gasteiger partial charge in [-0.2, -0.15) is 13.2 Å². The van der Waals surface area contributed by atoms with Gasteiger partial charge in [0.2, 0.25) is 12.1 Å². The van der Waals surface area contributed by atoms with Crippen LogP contribution in [0.2, 0.25) is 5.02 Å². The third-order valence-corrected chi connectivity index (χ3v) is 5.49. The number of benzene rings is 2. The fraction of sp³-hybridized carbons (Fsp3) is 0.211. The highest BCUT2D eigenvalue weighted by Crippen LogP contribution is 2.34. The van der Waals surface area contributed by atoms with Gasteiger partial charge in [-0.25, -0.2) is 14.8 Å². The predicted octanol–water partition coefficient (Wildman–Crippen LogP) is 4.54. The smallest absolute Gasteiger partial charge is 0.403 e. The lowest BCUT2D eigenvalue weighted by Gasteiger charge is -2.26. The molecule has 2 aliphatic rings. The molecule has 0 N–H and O–H groups in total. The number of thiol groups is 1. The molecule has 1 atom stereocenters. The minimum absolute atomic E-state index is 0.113. The van der Waals surface area contributed by atoms with Crippen molar-refractivity contribution < 1.29 is 22.7 Å². The van der Waals surface area contributed by atoms with Gasteiger partial charge < -0.3 is 4.74 Å². The second-order valence-electron chi connectivity index (χ2n) is 6.68. The van der Waals surface area contributed by atoms with Crippen molar-refractivity contribution >= 4 is 47.8 Å². The summed E-state index contributed by atoms with van der Waals surface area (Å²) < 4.78 is 45.4. The maximum Gasteiger partial charge on any atom is 0.426 e. The van der Waals surface area contributed by atoms with Crippen molar-refractivity contribution in [1.82, 2.24) is 9.42 Å². The van der Waals surface area contributed by atoms with Crippen molar-refractivity contribution in [2.24, 2.45) is 9.98 Å². The van der Waals surface area contributed by atoms with Crippen molar-refractivity contribution in [3.8, 4) is 0 Å². The van der Waals surface area contributed by atoms with E-state index in [-0.39, 0.29) is 22.3 Å². The second-order valence-corrected chi connectivity index (χ2v) is 7.50. The van der Waals surface area contributed by atoms with E-state index in [1.807, 2.05) is 0 Å². The summed E-state index contributed by atoms with van der Waals surface area (Å²) in [4.78, 5) is 20.2. The number of aryl methyl sites for hydroxylation is 1. The molecule has 156 valence electrons. The van der Waals surface area contributed by atoms with Crippen LogP contribution in [-0.4, -0.2) is 46.5 Å². The number of alkyl halides is 3. The van der Waals surface area contributed by atoms with Crippen LogP contribution in [0.3, 0.4) is 0 Å². The number of nitrogens with zero attached hydrogens (tertiary/aromatic N) is 4. The summed E-state index contributed by atoms with van der Waals surface area (Å²) in [5.41, 5.74) is 2.35. The first-order valence-corrected chi connectivity index (χ1v) is 9.43. The number of hydrogen-bond acceptors (Lipinski definition) is 7. The number of ether oxygens (including phenoxy) is 1. The molecule has 0 radical (unpaired) electrons. The summed E-state index contributed by atoms with van der Waals surface area (Å²) in [6, 6.07) is 9.82. The highest BCUT2D eigenvalue weighted by atomic mass is 35.5. The molecular weight excluding hydrogens is 441 g/mol. The number of fused-ring (bicyclic) bond motifs is 1. The minimum Gasteiger partial charge on any atom is -0.403 e. The molecule has 1 unspecified atom stereocenters. The Hall–Kier alpha value is -2.56. The maximum absolute atomic E-state index is 13.1. The largest absolute Gasteiger partial charge is 0.426 e. The zero-order chi connectivity index (χ0) is 21.8. The molecule has 0 saturated carbocycles. The lowest BCUT2D eigenvalue weighted by atomic mass is 10.1. The molecule has 4 rings (SSSR count). The number of hydrazine groups is 1. The molecule has 0 amide bonds. The Kier molecular flexibility index (Phi) is 5.03. The summed E-state index contributed by atoms with van der Waals surface area (Å²) in [5, 5.41) is 1.49. The third kappa shape index (κ3) is 3.44. The molecule has 2 heterocycles. The Bertz CT molecular complexity index is 1120. The molecule has 0 saturated heterocycles. The molecule has 2 aliphatic heterocycles. The molecule has 30 heavy (non-hydrogen) atoms. The molecule has 0 bridgehead atoms. The monoisotopic (exact) mass is 454 g/mol. The van der Waals surface area contributed by atoms with E-state index in [4.69, 9.17) is 16.3 Å². The number of halogens is 4. The van der Waals surface area contributed by atoms with Gasteiger partial charge in [0.15, 0.2) is 0 Å². The van der Waals surface area contributed by atoms with Crippen LogP contribution in [0.15, 0.2) is 46.4 Å². The summed E-state index contributed by atoms with van der Waals surface area (Å²) in [6.45, 7) is 1.74. The van der Waals surface area contributed by atoms with Crippen LogP contribution in [0.4, 0.5) is 18.9 Å². The van der Waals surface area contributed by atoms with Gasteiger partial charge >= 0.3 is 12.1 Å². The van der Waals surface area contributed by atoms with E-state index in [2.05, 4.69) is 22.8 Å². The Morgan fingerprint density at radius 2 is 2.00 bits per heavy atom. The quantitative estimate of drug-likeness (QED) is 0.534. The summed E-state index contributed by atoms with van der Waals surface area (Å²) in [7, 11) is 1.44. The van der Waals surface area contributed by atoms with E-state index in [0.717, 1.165) is 4.41 Å². The highest BCUT2D eigenvalue weighted by Gasteiger charge is 2.49. The van der Waals surface area contributed by atoms with Gasteiger partial charge in [-0.1, -0.05) is 30.5 Å². The van der Waals surface area contributed by atoms with Gasteiger partial charge in [-0.15, -0.1) is 4.41 Å². The van der Waals surface area contributed by atoms with Crippen LogP contribution < -0.4 is 0 Å². The Balaban J connectivity index is 1.69. The SMILES string of the molecule is Cc1cc(C2=NC(C(F)(F)F)N(S)N2C)ccc1N=C1OC(=O)c2c(Cl)cccc21. The molecule has 2 aromatic carbocycles. The number of amidine groups is 1. The van der Waals surface area contributed by atoms with Gasteiger partial charge in [-0.3, -0.25) is 5.01 Å². The first-order valence-electron chi connectivity index (χ1n) is 8.65. The molecule has 6 nitrogen and oxygen atoms in total. The number of aliphatic imine (C=N–C) groups is 2. The predicted molar refractivity (Wildman–Crippen MR) is 109 cm³/mol. The van der Waals surface area contributed by atoms with E-state index in [9.17, 15) is 18.0 Å². The number of esters is 1. The van der Waals surface area contributed by atoms with Gasteiger partial charge in [-0.05, 0) is 42.8 Å². The van der Waals surface area contributed by atoms with E-state index in [0.29, 0.717) is 22.4 Å². The Morgan fingerprint density at radius 1 is 1.27 bits per heavy atom. The van der Waals surface area contributed by atoms with E-state index in [1.165, 1.54) is 12.1 Å². The van der Waals surface area contributed by atoms with Crippen LogP contribution >= 0.6 is 24.4 Å². The van der Waals surface area contributed by atoms with E-state index in [1.54, 1.807) is 43.3 Å². The first kappa shape index (κ1) is 20.7. The van der Waals surface area contributed by atoms with Crippen LogP contribution in [-0.2, 0) is 4.74 Å². The van der Waals surface area contributed by atoms with Crippen molar-refractivity contribution in [2.45, 2.75) is 19.3 Å². The second kappa shape index (κ2) is 7.29. The standard InChI is InChI=1S/C19H14ClF3N4O2S/c1-9-8-10(15-25-18(19(21,22)23)27(30)26(15)2)6-7-13(9)24-16-11-4-3-5-12(20)14(11)17(28)29-16/h3-8,18,30H,1-2H3. The van der Waals surface area contributed by atoms with Crippen LogP contribution in [0.5, 0.6) is 0 Å². The highest BCUT2D eigenvalue weighted by molar-refractivity contribution is 7.77. The van der Waals surface area contributed by atoms with Gasteiger partial charge in [0.05, 0.1) is 21.8 Å². The number of carbonyl (C=O) groups excluding carboxylic acids is 1. The van der Waals surface area contributed by atoms with Crippen LogP contribution in [0.1, 0.15) is 27.0 Å². The summed E-state index contributed by atoms with van der Waals surface area (Å²) >= 11 is 9.96. The molecule has 2 aromatic rings. The summed E-state index contributed by atoms with van der Waals surface area (Å²) in [5.74, 6) is -0.348. The van der Waals surface area contributed by atoms with E-state index >= 15 is 0 Å². The number of cyclic esters (lactones) is 1. The normalized spacial score (nSPS) is 20.6. The topological polar surface area (TPSA) is 57.5 Å². The molecular formula is C19H14ClF3N4O2S. The van der Waals surface area contributed by atoms with Gasteiger partial charge in [0.25, 0.3) is 0 Å². The van der Waals surface area contributed by atoms with Crippen molar-refractivity contribution in [3.05, 3.63) is 63.7 Å². The van der Waals surface area contributed by atoms with Crippen molar-refractivity contribution in [1.29, 1.82) is 0 Å². The molecule has 0 fully saturated rings. The van der Waals surface area contributed by atoms with Crippen molar-refractivity contribution in [3.63, 3.8) is 0 Å².